The summed E-state index contributed by atoms with van der Waals surface area (Å²) in [6, 6.07) is 7.73. The third kappa shape index (κ3) is 8.47. The summed E-state index contributed by atoms with van der Waals surface area (Å²) < 4.78 is 0. The Kier molecular flexibility index (Phi) is 7.64. The molecule has 1 aromatic carbocycles. The second-order valence-corrected chi connectivity index (χ2v) is 4.85. The van der Waals surface area contributed by atoms with Gasteiger partial charge in [0.1, 0.15) is 0 Å². The zero-order valence-electron chi connectivity index (χ0n) is 12.3. The topological polar surface area (TPSA) is 78.4 Å². The average molecular weight is 290 g/mol. The van der Waals surface area contributed by atoms with Crippen LogP contribution in [-0.2, 0) is 4.79 Å². The molecule has 0 aliphatic heterocycles. The molecule has 114 valence electrons. The zero-order chi connectivity index (χ0) is 15.5. The fraction of sp³-hybridized carbons (Fsp3) is 0.375. The Labute approximate surface area is 125 Å². The van der Waals surface area contributed by atoms with Crippen LogP contribution in [0.5, 0.6) is 0 Å². The number of benzene rings is 1. The summed E-state index contributed by atoms with van der Waals surface area (Å²) in [5.41, 5.74) is 2.22. The second-order valence-electron chi connectivity index (χ2n) is 4.85. The molecule has 0 bridgehead atoms. The number of amides is 2. The van der Waals surface area contributed by atoms with Crippen LogP contribution < -0.4 is 10.6 Å². The average Bonchev–Trinajstić information content (AvgIpc) is 2.44. The Morgan fingerprint density at radius 3 is 2.52 bits per heavy atom. The number of carboxylic acid groups (broad SMARTS) is 1. The van der Waals surface area contributed by atoms with Crippen LogP contribution in [-0.4, -0.2) is 23.7 Å². The molecule has 0 fully saturated rings. The molecule has 0 aliphatic rings. The molecule has 0 heterocycles. The first-order valence-corrected chi connectivity index (χ1v) is 7.07. The summed E-state index contributed by atoms with van der Waals surface area (Å²) in [5.74, 6) is -0.776. The molecule has 0 saturated carbocycles. The van der Waals surface area contributed by atoms with Crippen LogP contribution in [0.15, 0.2) is 30.5 Å². The molecule has 0 atom stereocenters. The summed E-state index contributed by atoms with van der Waals surface area (Å²) in [7, 11) is 0. The molecule has 1 rings (SSSR count). The highest BCUT2D eigenvalue weighted by Crippen LogP contribution is 2.04. The lowest BCUT2D eigenvalue weighted by Crippen LogP contribution is -2.32. The van der Waals surface area contributed by atoms with Gasteiger partial charge in [-0.05, 0) is 31.4 Å². The van der Waals surface area contributed by atoms with Gasteiger partial charge in [0.25, 0.3) is 0 Å². The number of carboxylic acids is 1. The predicted molar refractivity (Wildman–Crippen MR) is 82.9 cm³/mol. The maximum Gasteiger partial charge on any atom is 0.318 e. The van der Waals surface area contributed by atoms with Crippen molar-refractivity contribution in [1.82, 2.24) is 10.6 Å². The van der Waals surface area contributed by atoms with Crippen molar-refractivity contribution < 1.29 is 14.7 Å². The summed E-state index contributed by atoms with van der Waals surface area (Å²) in [6.07, 6.45) is 5.84. The molecule has 0 saturated heterocycles. The summed E-state index contributed by atoms with van der Waals surface area (Å²) in [6.45, 7) is 2.57. The Morgan fingerprint density at radius 2 is 1.86 bits per heavy atom. The molecule has 5 heteroatoms. The first-order chi connectivity index (χ1) is 10.1. The normalized spacial score (nSPS) is 10.5. The second kappa shape index (κ2) is 9.58. The third-order valence-corrected chi connectivity index (χ3v) is 2.92. The van der Waals surface area contributed by atoms with Crippen LogP contribution in [0.2, 0.25) is 0 Å². The van der Waals surface area contributed by atoms with Crippen molar-refractivity contribution in [3.05, 3.63) is 41.6 Å². The van der Waals surface area contributed by atoms with Gasteiger partial charge < -0.3 is 15.7 Å². The van der Waals surface area contributed by atoms with Gasteiger partial charge in [-0.1, -0.05) is 36.2 Å². The van der Waals surface area contributed by atoms with Gasteiger partial charge in [0.15, 0.2) is 0 Å². The SMILES string of the molecule is Cc1ccc(/C=C/NC(=O)NCCCCCC(=O)O)cc1. The van der Waals surface area contributed by atoms with E-state index in [1.54, 1.807) is 6.20 Å². The zero-order valence-corrected chi connectivity index (χ0v) is 12.3. The summed E-state index contributed by atoms with van der Waals surface area (Å²) in [4.78, 5) is 21.8. The predicted octanol–water partition coefficient (Wildman–Crippen LogP) is 2.91. The smallest absolute Gasteiger partial charge is 0.318 e. The fourth-order valence-electron chi connectivity index (χ4n) is 1.72. The molecule has 2 amide bonds. The quantitative estimate of drug-likeness (QED) is 0.644. The molecule has 21 heavy (non-hydrogen) atoms. The van der Waals surface area contributed by atoms with E-state index in [9.17, 15) is 9.59 Å². The van der Waals surface area contributed by atoms with Gasteiger partial charge >= 0.3 is 12.0 Å². The Hall–Kier alpha value is -2.30. The monoisotopic (exact) mass is 290 g/mol. The third-order valence-electron chi connectivity index (χ3n) is 2.92. The minimum Gasteiger partial charge on any atom is -0.481 e. The number of carbonyl (C=O) groups excluding carboxylic acids is 1. The van der Waals surface area contributed by atoms with Gasteiger partial charge in [-0.25, -0.2) is 4.79 Å². The van der Waals surface area contributed by atoms with Crippen molar-refractivity contribution in [3.63, 3.8) is 0 Å². The molecular weight excluding hydrogens is 268 g/mol. The largest absolute Gasteiger partial charge is 0.481 e. The molecular formula is C16H22N2O3. The van der Waals surface area contributed by atoms with E-state index in [1.165, 1.54) is 5.56 Å². The lowest BCUT2D eigenvalue weighted by molar-refractivity contribution is -0.137. The van der Waals surface area contributed by atoms with Gasteiger partial charge in [-0.3, -0.25) is 4.79 Å². The van der Waals surface area contributed by atoms with Crippen LogP contribution in [0.3, 0.4) is 0 Å². The maximum atomic E-state index is 11.5. The maximum absolute atomic E-state index is 11.5. The molecule has 0 unspecified atom stereocenters. The highest BCUT2D eigenvalue weighted by atomic mass is 16.4. The highest BCUT2D eigenvalue weighted by molar-refractivity contribution is 5.75. The van der Waals surface area contributed by atoms with Crippen LogP contribution in [0, 0.1) is 6.92 Å². The number of rotatable bonds is 8. The summed E-state index contributed by atoms with van der Waals surface area (Å²) >= 11 is 0. The van der Waals surface area contributed by atoms with Gasteiger partial charge in [0, 0.05) is 19.2 Å². The highest BCUT2D eigenvalue weighted by Gasteiger charge is 1.98. The molecule has 0 spiro atoms. The van der Waals surface area contributed by atoms with Crippen molar-refractivity contribution in [2.45, 2.75) is 32.6 Å². The van der Waals surface area contributed by atoms with E-state index >= 15 is 0 Å². The first-order valence-electron chi connectivity index (χ1n) is 7.07. The van der Waals surface area contributed by atoms with Gasteiger partial charge in [-0.2, -0.15) is 0 Å². The van der Waals surface area contributed by atoms with Crippen LogP contribution >= 0.6 is 0 Å². The van der Waals surface area contributed by atoms with Crippen molar-refractivity contribution in [2.75, 3.05) is 6.54 Å². The van der Waals surface area contributed by atoms with Gasteiger partial charge in [-0.15, -0.1) is 0 Å². The lowest BCUT2D eigenvalue weighted by Gasteiger charge is -2.04. The number of aliphatic carboxylic acids is 1. The van der Waals surface area contributed by atoms with Gasteiger partial charge in [0.05, 0.1) is 0 Å². The van der Waals surface area contributed by atoms with E-state index in [0.717, 1.165) is 18.4 Å². The molecule has 5 nitrogen and oxygen atoms in total. The van der Waals surface area contributed by atoms with E-state index in [4.69, 9.17) is 5.11 Å². The summed E-state index contributed by atoms with van der Waals surface area (Å²) in [5, 5.41) is 13.8. The molecule has 0 radical (unpaired) electrons. The van der Waals surface area contributed by atoms with Crippen LogP contribution in [0.4, 0.5) is 4.79 Å². The number of unbranched alkanes of at least 4 members (excludes halogenated alkanes) is 2. The number of hydrogen-bond donors (Lipinski definition) is 3. The Bertz CT molecular complexity index is 481. The number of urea groups is 1. The first kappa shape index (κ1) is 16.8. The van der Waals surface area contributed by atoms with E-state index in [2.05, 4.69) is 10.6 Å². The van der Waals surface area contributed by atoms with E-state index in [1.807, 2.05) is 37.3 Å². The molecule has 0 aromatic heterocycles. The Morgan fingerprint density at radius 1 is 1.14 bits per heavy atom. The molecule has 0 aliphatic carbocycles. The number of aryl methyl sites for hydroxylation is 1. The fourth-order valence-corrected chi connectivity index (χ4v) is 1.72. The number of carbonyl (C=O) groups is 2. The van der Waals surface area contributed by atoms with E-state index in [0.29, 0.717) is 13.0 Å². The number of hydrogen-bond acceptors (Lipinski definition) is 2. The van der Waals surface area contributed by atoms with E-state index < -0.39 is 5.97 Å². The lowest BCUT2D eigenvalue weighted by atomic mass is 10.1. The minimum absolute atomic E-state index is 0.186. The van der Waals surface area contributed by atoms with E-state index in [-0.39, 0.29) is 12.5 Å². The van der Waals surface area contributed by atoms with Crippen molar-refractivity contribution >= 4 is 18.1 Å². The standard InChI is InChI=1S/C16H22N2O3/c1-13-6-8-14(9-7-13)10-12-18-16(21)17-11-4-2-3-5-15(19)20/h6-10,12H,2-5,11H2,1H3,(H,19,20)(H2,17,18,21)/b12-10+. The number of nitrogens with one attached hydrogen (secondary N) is 2. The molecule has 3 N–H and O–H groups in total. The van der Waals surface area contributed by atoms with Crippen LogP contribution in [0.25, 0.3) is 6.08 Å². The Balaban J connectivity index is 2.11. The molecule has 1 aromatic rings. The van der Waals surface area contributed by atoms with Crippen LogP contribution in [0.1, 0.15) is 36.8 Å². The van der Waals surface area contributed by atoms with Crippen molar-refractivity contribution in [1.29, 1.82) is 0 Å². The minimum atomic E-state index is -0.776. The van der Waals surface area contributed by atoms with Crippen molar-refractivity contribution in [3.8, 4) is 0 Å². The van der Waals surface area contributed by atoms with Gasteiger partial charge in [0.2, 0.25) is 0 Å². The van der Waals surface area contributed by atoms with Crippen molar-refractivity contribution in [2.24, 2.45) is 0 Å².